The fraction of sp³-hybridized carbons (Fsp3) is 0.241. The first-order valence-corrected chi connectivity index (χ1v) is 11.8. The van der Waals surface area contributed by atoms with Gasteiger partial charge in [0.2, 0.25) is 5.91 Å². The van der Waals surface area contributed by atoms with Crippen LogP contribution in [0.15, 0.2) is 91.0 Å². The molecule has 0 aliphatic carbocycles. The summed E-state index contributed by atoms with van der Waals surface area (Å²) < 4.78 is 4.73. The van der Waals surface area contributed by atoms with Gasteiger partial charge in [-0.2, -0.15) is 0 Å². The third-order valence-electron chi connectivity index (χ3n) is 5.74. The number of amides is 2. The summed E-state index contributed by atoms with van der Waals surface area (Å²) in [5.74, 6) is -1.39. The maximum Gasteiger partial charge on any atom is 0.305 e. The number of hydrogen-bond acceptors (Lipinski definition) is 5. The molecular weight excluding hydrogens is 456 g/mol. The molecule has 0 bridgehead atoms. The standard InChI is InChI=1S/C29H30N2O5/c1-36-27(33)18-17-24(20-26(32)22-13-7-3-8-14-22)30-29(35)25(19-21-11-5-2-6-12-21)31-28(34)23-15-9-4-10-16-23/h2-16,24-25H,17-20H2,1H3,(H,30,35)(H,31,34)/t24-,25-/m0/s1. The zero-order chi connectivity index (χ0) is 25.8. The van der Waals surface area contributed by atoms with Crippen LogP contribution in [-0.4, -0.2) is 42.8 Å². The van der Waals surface area contributed by atoms with Gasteiger partial charge in [-0.1, -0.05) is 78.9 Å². The van der Waals surface area contributed by atoms with E-state index in [9.17, 15) is 19.2 Å². The Morgan fingerprint density at radius 3 is 1.89 bits per heavy atom. The Kier molecular flexibility index (Phi) is 9.94. The van der Waals surface area contributed by atoms with E-state index in [1.807, 2.05) is 36.4 Å². The SMILES string of the molecule is COC(=O)CC[C@@H](CC(=O)c1ccccc1)NC(=O)[C@H](Cc1ccccc1)NC(=O)c1ccccc1. The second-order valence-corrected chi connectivity index (χ2v) is 8.40. The molecule has 0 radical (unpaired) electrons. The molecule has 0 unspecified atom stereocenters. The molecule has 0 aromatic heterocycles. The molecule has 0 saturated carbocycles. The first kappa shape index (κ1) is 26.3. The number of nitrogens with one attached hydrogen (secondary N) is 2. The molecule has 3 aromatic rings. The number of hydrogen-bond donors (Lipinski definition) is 2. The monoisotopic (exact) mass is 486 g/mol. The van der Waals surface area contributed by atoms with E-state index >= 15 is 0 Å². The van der Waals surface area contributed by atoms with E-state index in [0.717, 1.165) is 5.56 Å². The number of rotatable bonds is 12. The zero-order valence-electron chi connectivity index (χ0n) is 20.2. The first-order valence-electron chi connectivity index (χ1n) is 11.8. The van der Waals surface area contributed by atoms with Gasteiger partial charge in [0, 0.05) is 36.4 Å². The third-order valence-corrected chi connectivity index (χ3v) is 5.74. The van der Waals surface area contributed by atoms with Crippen LogP contribution in [0, 0.1) is 0 Å². The average molecular weight is 487 g/mol. The van der Waals surface area contributed by atoms with Crippen molar-refractivity contribution < 1.29 is 23.9 Å². The van der Waals surface area contributed by atoms with Crippen LogP contribution in [0.2, 0.25) is 0 Å². The maximum atomic E-state index is 13.4. The van der Waals surface area contributed by atoms with Crippen molar-refractivity contribution in [1.29, 1.82) is 0 Å². The number of carbonyl (C=O) groups is 4. The van der Waals surface area contributed by atoms with Crippen molar-refractivity contribution in [3.8, 4) is 0 Å². The second-order valence-electron chi connectivity index (χ2n) is 8.40. The van der Waals surface area contributed by atoms with E-state index in [2.05, 4.69) is 10.6 Å². The number of ketones is 1. The fourth-order valence-corrected chi connectivity index (χ4v) is 3.78. The highest BCUT2D eigenvalue weighted by Crippen LogP contribution is 2.12. The molecule has 2 N–H and O–H groups in total. The number of Topliss-reactive ketones (excluding diaryl/α,β-unsaturated/α-hetero) is 1. The summed E-state index contributed by atoms with van der Waals surface area (Å²) in [5.41, 5.74) is 1.83. The molecule has 0 spiro atoms. The highest BCUT2D eigenvalue weighted by Gasteiger charge is 2.26. The van der Waals surface area contributed by atoms with Gasteiger partial charge in [-0.25, -0.2) is 0 Å². The van der Waals surface area contributed by atoms with Gasteiger partial charge < -0.3 is 15.4 Å². The summed E-state index contributed by atoms with van der Waals surface area (Å²) in [7, 11) is 1.29. The largest absolute Gasteiger partial charge is 0.469 e. The van der Waals surface area contributed by atoms with Crippen molar-refractivity contribution in [1.82, 2.24) is 10.6 Å². The van der Waals surface area contributed by atoms with Gasteiger partial charge in [0.25, 0.3) is 5.91 Å². The number of esters is 1. The van der Waals surface area contributed by atoms with Crippen molar-refractivity contribution in [2.24, 2.45) is 0 Å². The Hall–Kier alpha value is -4.26. The molecule has 7 nitrogen and oxygen atoms in total. The van der Waals surface area contributed by atoms with E-state index < -0.39 is 24.0 Å². The molecule has 3 aromatic carbocycles. The van der Waals surface area contributed by atoms with Crippen LogP contribution in [0.3, 0.4) is 0 Å². The Morgan fingerprint density at radius 2 is 1.31 bits per heavy atom. The lowest BCUT2D eigenvalue weighted by atomic mass is 9.99. The zero-order valence-corrected chi connectivity index (χ0v) is 20.2. The van der Waals surface area contributed by atoms with Gasteiger partial charge in [-0.3, -0.25) is 19.2 Å². The van der Waals surface area contributed by atoms with Crippen LogP contribution in [0.4, 0.5) is 0 Å². The van der Waals surface area contributed by atoms with Gasteiger partial charge in [0.15, 0.2) is 5.78 Å². The highest BCUT2D eigenvalue weighted by atomic mass is 16.5. The molecular formula is C29H30N2O5. The molecule has 7 heteroatoms. The van der Waals surface area contributed by atoms with Gasteiger partial charge in [0.05, 0.1) is 7.11 Å². The minimum absolute atomic E-state index is 0.0113. The Balaban J connectivity index is 1.77. The molecule has 0 heterocycles. The summed E-state index contributed by atoms with van der Waals surface area (Å²) >= 11 is 0. The number of methoxy groups -OCH3 is 1. The van der Waals surface area contributed by atoms with Crippen molar-refractivity contribution in [3.05, 3.63) is 108 Å². The van der Waals surface area contributed by atoms with E-state index in [-0.39, 0.29) is 37.4 Å². The fourth-order valence-electron chi connectivity index (χ4n) is 3.78. The Labute approximate surface area is 210 Å². The predicted octanol–water partition coefficient (Wildman–Crippen LogP) is 3.74. The van der Waals surface area contributed by atoms with Crippen molar-refractivity contribution >= 4 is 23.6 Å². The van der Waals surface area contributed by atoms with Crippen LogP contribution >= 0.6 is 0 Å². The summed E-state index contributed by atoms with van der Waals surface area (Å²) in [5, 5.41) is 5.71. The van der Waals surface area contributed by atoms with E-state index in [1.54, 1.807) is 54.6 Å². The third kappa shape index (κ3) is 8.20. The molecule has 0 saturated heterocycles. The minimum atomic E-state index is -0.882. The Bertz CT molecular complexity index is 1150. The first-order chi connectivity index (χ1) is 17.5. The smallest absolute Gasteiger partial charge is 0.305 e. The molecule has 2 atom stereocenters. The van der Waals surface area contributed by atoms with Gasteiger partial charge >= 0.3 is 5.97 Å². The predicted molar refractivity (Wildman–Crippen MR) is 136 cm³/mol. The lowest BCUT2D eigenvalue weighted by molar-refractivity contribution is -0.141. The maximum absolute atomic E-state index is 13.4. The van der Waals surface area contributed by atoms with E-state index in [4.69, 9.17) is 4.74 Å². The van der Waals surface area contributed by atoms with Gasteiger partial charge in [0.1, 0.15) is 6.04 Å². The molecule has 2 amide bonds. The molecule has 186 valence electrons. The molecule has 36 heavy (non-hydrogen) atoms. The number of carbonyl (C=O) groups excluding carboxylic acids is 4. The van der Waals surface area contributed by atoms with Crippen molar-refractivity contribution in [2.75, 3.05) is 7.11 Å². The lowest BCUT2D eigenvalue weighted by Crippen LogP contribution is -2.51. The van der Waals surface area contributed by atoms with Crippen molar-refractivity contribution in [3.63, 3.8) is 0 Å². The van der Waals surface area contributed by atoms with Crippen LogP contribution in [-0.2, 0) is 20.7 Å². The van der Waals surface area contributed by atoms with E-state index in [1.165, 1.54) is 7.11 Å². The topological polar surface area (TPSA) is 102 Å². The number of ether oxygens (including phenoxy) is 1. The lowest BCUT2D eigenvalue weighted by Gasteiger charge is -2.23. The Morgan fingerprint density at radius 1 is 0.750 bits per heavy atom. The van der Waals surface area contributed by atoms with Crippen molar-refractivity contribution in [2.45, 2.75) is 37.8 Å². The molecule has 0 fully saturated rings. The number of benzene rings is 3. The summed E-state index contributed by atoms with van der Waals surface area (Å²) in [6.45, 7) is 0. The van der Waals surface area contributed by atoms with Crippen LogP contribution < -0.4 is 10.6 Å². The quantitative estimate of drug-likeness (QED) is 0.300. The summed E-state index contributed by atoms with van der Waals surface area (Å²) in [4.78, 5) is 50.8. The van der Waals surface area contributed by atoms with Crippen LogP contribution in [0.1, 0.15) is 45.5 Å². The summed E-state index contributed by atoms with van der Waals surface area (Å²) in [6, 6.07) is 25.3. The normalized spacial score (nSPS) is 12.1. The van der Waals surface area contributed by atoms with E-state index in [0.29, 0.717) is 11.1 Å². The summed E-state index contributed by atoms with van der Waals surface area (Å²) in [6.07, 6.45) is 0.546. The van der Waals surface area contributed by atoms with Crippen LogP contribution in [0.25, 0.3) is 0 Å². The van der Waals surface area contributed by atoms with Gasteiger partial charge in [-0.15, -0.1) is 0 Å². The van der Waals surface area contributed by atoms with Crippen LogP contribution in [0.5, 0.6) is 0 Å². The average Bonchev–Trinajstić information content (AvgIpc) is 2.92. The van der Waals surface area contributed by atoms with Gasteiger partial charge in [-0.05, 0) is 24.1 Å². The highest BCUT2D eigenvalue weighted by molar-refractivity contribution is 5.98. The molecule has 3 rings (SSSR count). The second kappa shape index (κ2) is 13.6. The minimum Gasteiger partial charge on any atom is -0.469 e. The molecule has 0 aliphatic rings. The molecule has 0 aliphatic heterocycles.